The van der Waals surface area contributed by atoms with Crippen molar-refractivity contribution in [3.8, 4) is 0 Å². The predicted molar refractivity (Wildman–Crippen MR) is 102 cm³/mol. The lowest BCUT2D eigenvalue weighted by atomic mass is 9.96. The van der Waals surface area contributed by atoms with Crippen molar-refractivity contribution in [1.82, 2.24) is 9.80 Å². The largest absolute Gasteiger partial charge is 0.366 e. The van der Waals surface area contributed by atoms with E-state index in [4.69, 9.17) is 0 Å². The molecule has 27 heavy (non-hydrogen) atoms. The fourth-order valence-electron chi connectivity index (χ4n) is 4.48. The van der Waals surface area contributed by atoms with E-state index in [0.29, 0.717) is 50.6 Å². The Hall–Kier alpha value is -2.11. The molecule has 3 aliphatic rings. The SMILES string of the molecule is CC1CCCN(C(=O)C2(C(=O)N3CCN(c4ccccc4F)CC3)CC2)C1. The summed E-state index contributed by atoms with van der Waals surface area (Å²) in [5.74, 6) is 0.303. The van der Waals surface area contributed by atoms with Gasteiger partial charge in [-0.3, -0.25) is 9.59 Å². The Morgan fingerprint density at radius 3 is 2.30 bits per heavy atom. The van der Waals surface area contributed by atoms with Crippen molar-refractivity contribution >= 4 is 17.5 Å². The second-order valence-corrected chi connectivity index (χ2v) is 8.31. The molecular weight excluding hydrogens is 345 g/mol. The van der Waals surface area contributed by atoms with E-state index in [2.05, 4.69) is 6.92 Å². The zero-order valence-corrected chi connectivity index (χ0v) is 16.0. The lowest BCUT2D eigenvalue weighted by molar-refractivity contribution is -0.150. The molecule has 2 aliphatic heterocycles. The Balaban J connectivity index is 1.39. The molecule has 1 aromatic carbocycles. The van der Waals surface area contributed by atoms with E-state index in [-0.39, 0.29) is 17.6 Å². The van der Waals surface area contributed by atoms with Crippen LogP contribution in [0.4, 0.5) is 10.1 Å². The number of hydrogen-bond donors (Lipinski definition) is 0. The highest BCUT2D eigenvalue weighted by Gasteiger charge is 2.59. The van der Waals surface area contributed by atoms with Gasteiger partial charge in [0, 0.05) is 39.3 Å². The Kier molecular flexibility index (Phi) is 4.82. The third kappa shape index (κ3) is 3.42. The Morgan fingerprint density at radius 2 is 1.67 bits per heavy atom. The van der Waals surface area contributed by atoms with Gasteiger partial charge in [-0.1, -0.05) is 19.1 Å². The molecular formula is C21H28FN3O2. The highest BCUT2D eigenvalue weighted by molar-refractivity contribution is 6.08. The molecule has 3 fully saturated rings. The number of piperazine rings is 1. The Labute approximate surface area is 160 Å². The maximum absolute atomic E-state index is 14.0. The summed E-state index contributed by atoms with van der Waals surface area (Å²) in [4.78, 5) is 31.9. The predicted octanol–water partition coefficient (Wildman–Crippen LogP) is 2.51. The van der Waals surface area contributed by atoms with Crippen molar-refractivity contribution in [2.24, 2.45) is 11.3 Å². The van der Waals surface area contributed by atoms with Crippen LogP contribution in [0.25, 0.3) is 0 Å². The summed E-state index contributed by atoms with van der Waals surface area (Å²) in [6.07, 6.45) is 3.52. The van der Waals surface area contributed by atoms with Crippen molar-refractivity contribution in [3.63, 3.8) is 0 Å². The lowest BCUT2D eigenvalue weighted by Crippen LogP contribution is -2.54. The van der Waals surface area contributed by atoms with Gasteiger partial charge in [0.15, 0.2) is 0 Å². The summed E-state index contributed by atoms with van der Waals surface area (Å²) in [6.45, 7) is 5.99. The molecule has 6 heteroatoms. The first-order valence-electron chi connectivity index (χ1n) is 10.1. The van der Waals surface area contributed by atoms with Crippen molar-refractivity contribution < 1.29 is 14.0 Å². The molecule has 0 spiro atoms. The number of hydrogen-bond acceptors (Lipinski definition) is 3. The number of carbonyl (C=O) groups excluding carboxylic acids is 2. The van der Waals surface area contributed by atoms with Crippen LogP contribution in [-0.2, 0) is 9.59 Å². The van der Waals surface area contributed by atoms with Crippen LogP contribution in [-0.4, -0.2) is 60.9 Å². The van der Waals surface area contributed by atoms with Gasteiger partial charge < -0.3 is 14.7 Å². The van der Waals surface area contributed by atoms with E-state index in [1.807, 2.05) is 20.8 Å². The van der Waals surface area contributed by atoms with Gasteiger partial charge in [-0.2, -0.15) is 0 Å². The zero-order valence-electron chi connectivity index (χ0n) is 16.0. The van der Waals surface area contributed by atoms with E-state index in [0.717, 1.165) is 25.9 Å². The molecule has 1 aromatic rings. The maximum Gasteiger partial charge on any atom is 0.238 e. The fourth-order valence-corrected chi connectivity index (χ4v) is 4.48. The van der Waals surface area contributed by atoms with Gasteiger partial charge >= 0.3 is 0 Å². The van der Waals surface area contributed by atoms with Crippen LogP contribution in [0.2, 0.25) is 0 Å². The third-order valence-electron chi connectivity index (χ3n) is 6.27. The van der Waals surface area contributed by atoms with Gasteiger partial charge in [0.25, 0.3) is 0 Å². The van der Waals surface area contributed by atoms with Crippen LogP contribution in [0.15, 0.2) is 24.3 Å². The van der Waals surface area contributed by atoms with Crippen LogP contribution in [0.3, 0.4) is 0 Å². The van der Waals surface area contributed by atoms with E-state index in [1.54, 1.807) is 12.1 Å². The first kappa shape index (κ1) is 18.3. The van der Waals surface area contributed by atoms with E-state index < -0.39 is 5.41 Å². The van der Waals surface area contributed by atoms with Crippen LogP contribution in [0.1, 0.15) is 32.6 Å². The summed E-state index contributed by atoms with van der Waals surface area (Å²) < 4.78 is 14.0. The average molecular weight is 373 g/mol. The number of halogens is 1. The molecule has 2 amide bonds. The smallest absolute Gasteiger partial charge is 0.238 e. The molecule has 2 saturated heterocycles. The van der Waals surface area contributed by atoms with Crippen LogP contribution in [0.5, 0.6) is 0 Å². The number of carbonyl (C=O) groups is 2. The van der Waals surface area contributed by atoms with Crippen molar-refractivity contribution in [2.45, 2.75) is 32.6 Å². The highest BCUT2D eigenvalue weighted by Crippen LogP contribution is 2.49. The lowest BCUT2D eigenvalue weighted by Gasteiger charge is -2.39. The van der Waals surface area contributed by atoms with Gasteiger partial charge in [-0.05, 0) is 43.7 Å². The van der Waals surface area contributed by atoms with Crippen LogP contribution >= 0.6 is 0 Å². The first-order valence-corrected chi connectivity index (χ1v) is 10.1. The van der Waals surface area contributed by atoms with E-state index in [1.165, 1.54) is 6.07 Å². The molecule has 1 saturated carbocycles. The van der Waals surface area contributed by atoms with Gasteiger partial charge in [0.05, 0.1) is 5.69 Å². The summed E-state index contributed by atoms with van der Waals surface area (Å²) in [5.41, 5.74) is -0.221. The Bertz CT molecular complexity index is 726. The number of rotatable bonds is 3. The molecule has 0 N–H and O–H groups in total. The quantitative estimate of drug-likeness (QED) is 0.765. The molecule has 1 aliphatic carbocycles. The third-order valence-corrected chi connectivity index (χ3v) is 6.27. The van der Waals surface area contributed by atoms with E-state index in [9.17, 15) is 14.0 Å². The molecule has 0 aromatic heterocycles. The molecule has 5 nitrogen and oxygen atoms in total. The van der Waals surface area contributed by atoms with Crippen molar-refractivity contribution in [3.05, 3.63) is 30.1 Å². The molecule has 4 rings (SSSR count). The number of benzene rings is 1. The van der Waals surface area contributed by atoms with Crippen molar-refractivity contribution in [2.75, 3.05) is 44.2 Å². The summed E-state index contributed by atoms with van der Waals surface area (Å²) in [6, 6.07) is 6.75. The molecule has 1 unspecified atom stereocenters. The Morgan fingerprint density at radius 1 is 1.00 bits per heavy atom. The minimum Gasteiger partial charge on any atom is -0.366 e. The summed E-state index contributed by atoms with van der Waals surface area (Å²) in [5, 5.41) is 0. The van der Waals surface area contributed by atoms with Crippen molar-refractivity contribution in [1.29, 1.82) is 0 Å². The maximum atomic E-state index is 14.0. The number of amides is 2. The number of nitrogens with zero attached hydrogens (tertiary/aromatic N) is 3. The monoisotopic (exact) mass is 373 g/mol. The summed E-state index contributed by atoms with van der Waals surface area (Å²) in [7, 11) is 0. The first-order chi connectivity index (χ1) is 13.0. The van der Waals surface area contributed by atoms with Gasteiger partial charge in [-0.25, -0.2) is 4.39 Å². The standard InChI is InChI=1S/C21H28FN3O2/c1-16-5-4-10-25(15-16)20(27)21(8-9-21)19(26)24-13-11-23(12-14-24)18-7-3-2-6-17(18)22/h2-3,6-7,16H,4-5,8-15H2,1H3. The minimum atomic E-state index is -0.808. The molecule has 146 valence electrons. The number of piperidine rings is 1. The molecule has 0 radical (unpaired) electrons. The highest BCUT2D eigenvalue weighted by atomic mass is 19.1. The molecule has 1 atom stereocenters. The minimum absolute atomic E-state index is 0.0149. The molecule has 0 bridgehead atoms. The number of para-hydroxylation sites is 1. The van der Waals surface area contributed by atoms with E-state index >= 15 is 0 Å². The second-order valence-electron chi connectivity index (χ2n) is 8.31. The second kappa shape index (κ2) is 7.13. The fraction of sp³-hybridized carbons (Fsp3) is 0.619. The number of anilines is 1. The topological polar surface area (TPSA) is 43.9 Å². The van der Waals surface area contributed by atoms with Crippen LogP contribution in [0, 0.1) is 17.2 Å². The molecule has 2 heterocycles. The average Bonchev–Trinajstić information content (AvgIpc) is 3.49. The van der Waals surface area contributed by atoms with Gasteiger partial charge in [0.1, 0.15) is 11.2 Å². The number of likely N-dealkylation sites (tertiary alicyclic amines) is 1. The summed E-state index contributed by atoms with van der Waals surface area (Å²) >= 11 is 0. The normalized spacial score (nSPS) is 24.7. The van der Waals surface area contributed by atoms with Gasteiger partial charge in [0.2, 0.25) is 11.8 Å². The van der Waals surface area contributed by atoms with Crippen LogP contribution < -0.4 is 4.90 Å². The van der Waals surface area contributed by atoms with Gasteiger partial charge in [-0.15, -0.1) is 0 Å². The zero-order chi connectivity index (χ0) is 19.0.